The van der Waals surface area contributed by atoms with Gasteiger partial charge < -0.3 is 4.57 Å². The molecule has 0 aliphatic carbocycles. The van der Waals surface area contributed by atoms with E-state index in [0.29, 0.717) is 5.88 Å². The van der Waals surface area contributed by atoms with E-state index in [9.17, 15) is 4.79 Å². The summed E-state index contributed by atoms with van der Waals surface area (Å²) in [7, 11) is 1.71. The van der Waals surface area contributed by atoms with Gasteiger partial charge in [0.1, 0.15) is 0 Å². The highest BCUT2D eigenvalue weighted by Gasteiger charge is 1.91. The van der Waals surface area contributed by atoms with Crippen molar-refractivity contribution in [3.05, 3.63) is 34.2 Å². The quantitative estimate of drug-likeness (QED) is 0.560. The SMILES string of the molecule is Cn1ccc(CCl)cc1=O. The predicted molar refractivity (Wildman–Crippen MR) is 41.2 cm³/mol. The van der Waals surface area contributed by atoms with E-state index >= 15 is 0 Å². The molecule has 0 amide bonds. The van der Waals surface area contributed by atoms with Crippen LogP contribution in [0, 0.1) is 0 Å². The Kier molecular flexibility index (Phi) is 2.12. The van der Waals surface area contributed by atoms with Gasteiger partial charge >= 0.3 is 0 Å². The first kappa shape index (κ1) is 7.35. The molecule has 10 heavy (non-hydrogen) atoms. The minimum absolute atomic E-state index is 0.0156. The third-order valence-corrected chi connectivity index (χ3v) is 1.63. The number of hydrogen-bond acceptors (Lipinski definition) is 1. The summed E-state index contributed by atoms with van der Waals surface area (Å²) in [5.74, 6) is 0.399. The van der Waals surface area contributed by atoms with E-state index in [0.717, 1.165) is 5.56 Å². The van der Waals surface area contributed by atoms with Crippen LogP contribution in [0.3, 0.4) is 0 Å². The van der Waals surface area contributed by atoms with Crippen molar-refractivity contribution in [1.29, 1.82) is 0 Å². The van der Waals surface area contributed by atoms with Crippen LogP contribution in [0.1, 0.15) is 5.56 Å². The fourth-order valence-electron chi connectivity index (χ4n) is 0.673. The van der Waals surface area contributed by atoms with Crippen LogP contribution >= 0.6 is 11.6 Å². The van der Waals surface area contributed by atoms with Crippen LogP contribution in [-0.4, -0.2) is 4.57 Å². The van der Waals surface area contributed by atoms with Gasteiger partial charge in [0.25, 0.3) is 5.56 Å². The molecule has 0 unspecified atom stereocenters. The van der Waals surface area contributed by atoms with E-state index < -0.39 is 0 Å². The van der Waals surface area contributed by atoms with Gasteiger partial charge in [0.05, 0.1) is 0 Å². The number of pyridine rings is 1. The number of rotatable bonds is 1. The summed E-state index contributed by atoms with van der Waals surface area (Å²) in [6.07, 6.45) is 1.71. The average molecular weight is 158 g/mol. The molecule has 54 valence electrons. The largest absolute Gasteiger partial charge is 0.319 e. The lowest BCUT2D eigenvalue weighted by molar-refractivity contribution is 0.855. The number of aromatic nitrogens is 1. The number of aryl methyl sites for hydroxylation is 1. The average Bonchev–Trinajstić information content (AvgIpc) is 1.95. The van der Waals surface area contributed by atoms with Gasteiger partial charge in [-0.2, -0.15) is 0 Å². The van der Waals surface area contributed by atoms with Crippen LogP contribution in [0.25, 0.3) is 0 Å². The van der Waals surface area contributed by atoms with Gasteiger partial charge in [-0.3, -0.25) is 4.79 Å². The molecule has 0 fully saturated rings. The van der Waals surface area contributed by atoms with Crippen molar-refractivity contribution < 1.29 is 0 Å². The molecule has 0 saturated carbocycles. The van der Waals surface area contributed by atoms with E-state index in [-0.39, 0.29) is 5.56 Å². The summed E-state index contributed by atoms with van der Waals surface area (Å²) >= 11 is 5.50. The molecule has 1 aromatic rings. The van der Waals surface area contributed by atoms with Crippen molar-refractivity contribution in [2.24, 2.45) is 7.05 Å². The third kappa shape index (κ3) is 1.39. The molecular formula is C7H8ClNO. The summed E-state index contributed by atoms with van der Waals surface area (Å²) in [4.78, 5) is 10.9. The lowest BCUT2D eigenvalue weighted by Gasteiger charge is -1.96. The molecule has 0 aliphatic rings. The highest BCUT2D eigenvalue weighted by atomic mass is 35.5. The molecule has 0 spiro atoms. The van der Waals surface area contributed by atoms with Gasteiger partial charge in [0, 0.05) is 25.2 Å². The molecule has 3 heteroatoms. The second-order valence-electron chi connectivity index (χ2n) is 2.12. The maximum atomic E-state index is 10.9. The van der Waals surface area contributed by atoms with E-state index in [2.05, 4.69) is 0 Å². The normalized spacial score (nSPS) is 9.80. The monoisotopic (exact) mass is 157 g/mol. The van der Waals surface area contributed by atoms with Crippen molar-refractivity contribution in [2.75, 3.05) is 0 Å². The molecule has 1 heterocycles. The molecule has 1 aromatic heterocycles. The molecule has 0 saturated heterocycles. The topological polar surface area (TPSA) is 22.0 Å². The Balaban J connectivity index is 3.17. The maximum absolute atomic E-state index is 10.9. The van der Waals surface area contributed by atoms with Gasteiger partial charge in [-0.1, -0.05) is 0 Å². The van der Waals surface area contributed by atoms with E-state index in [1.165, 1.54) is 10.6 Å². The van der Waals surface area contributed by atoms with Crippen molar-refractivity contribution >= 4 is 11.6 Å². The first-order valence-corrected chi connectivity index (χ1v) is 3.49. The molecule has 0 aromatic carbocycles. The second-order valence-corrected chi connectivity index (χ2v) is 2.39. The summed E-state index contributed by atoms with van der Waals surface area (Å²) in [6, 6.07) is 3.36. The van der Waals surface area contributed by atoms with Crippen molar-refractivity contribution in [3.8, 4) is 0 Å². The van der Waals surface area contributed by atoms with Gasteiger partial charge in [0.15, 0.2) is 0 Å². The molecule has 0 aliphatic heterocycles. The smallest absolute Gasteiger partial charge is 0.250 e. The van der Waals surface area contributed by atoms with Crippen LogP contribution in [-0.2, 0) is 12.9 Å². The van der Waals surface area contributed by atoms with Crippen LogP contribution in [0.2, 0.25) is 0 Å². The third-order valence-electron chi connectivity index (χ3n) is 1.32. The number of halogens is 1. The number of nitrogens with zero attached hydrogens (tertiary/aromatic N) is 1. The van der Waals surface area contributed by atoms with Crippen LogP contribution in [0.15, 0.2) is 23.1 Å². The fourth-order valence-corrected chi connectivity index (χ4v) is 0.839. The second kappa shape index (κ2) is 2.88. The molecule has 2 nitrogen and oxygen atoms in total. The van der Waals surface area contributed by atoms with Gasteiger partial charge in [-0.15, -0.1) is 11.6 Å². The zero-order valence-corrected chi connectivity index (χ0v) is 6.43. The van der Waals surface area contributed by atoms with Crippen LogP contribution in [0.5, 0.6) is 0 Å². The lowest BCUT2D eigenvalue weighted by atomic mass is 10.3. The molecule has 0 radical (unpaired) electrons. The maximum Gasteiger partial charge on any atom is 0.250 e. The van der Waals surface area contributed by atoms with E-state index in [1.54, 1.807) is 13.2 Å². The Bertz CT molecular complexity index is 279. The van der Waals surface area contributed by atoms with Crippen molar-refractivity contribution in [2.45, 2.75) is 5.88 Å². The Morgan fingerprint density at radius 2 is 2.40 bits per heavy atom. The standard InChI is InChI=1S/C7H8ClNO/c1-9-3-2-6(5-8)4-7(9)10/h2-4H,5H2,1H3. The molecular weight excluding hydrogens is 150 g/mol. The van der Waals surface area contributed by atoms with Gasteiger partial charge in [-0.05, 0) is 11.6 Å². The van der Waals surface area contributed by atoms with E-state index in [4.69, 9.17) is 11.6 Å². The van der Waals surface area contributed by atoms with E-state index in [1.807, 2.05) is 6.07 Å². The Morgan fingerprint density at radius 1 is 1.70 bits per heavy atom. The minimum Gasteiger partial charge on any atom is -0.319 e. The van der Waals surface area contributed by atoms with Crippen LogP contribution in [0.4, 0.5) is 0 Å². The van der Waals surface area contributed by atoms with Crippen LogP contribution < -0.4 is 5.56 Å². The van der Waals surface area contributed by atoms with Crippen molar-refractivity contribution in [3.63, 3.8) is 0 Å². The molecule has 1 rings (SSSR count). The molecule has 0 N–H and O–H groups in total. The Labute approximate surface area is 64.1 Å². The molecule has 0 bridgehead atoms. The Hall–Kier alpha value is -0.760. The minimum atomic E-state index is -0.0156. The van der Waals surface area contributed by atoms with Crippen molar-refractivity contribution in [1.82, 2.24) is 4.57 Å². The first-order chi connectivity index (χ1) is 4.74. The highest BCUT2D eigenvalue weighted by molar-refractivity contribution is 6.17. The fraction of sp³-hybridized carbons (Fsp3) is 0.286. The summed E-state index contributed by atoms with van der Waals surface area (Å²) < 4.78 is 1.51. The highest BCUT2D eigenvalue weighted by Crippen LogP contribution is 1.97. The number of hydrogen-bond donors (Lipinski definition) is 0. The first-order valence-electron chi connectivity index (χ1n) is 2.95. The predicted octanol–water partition coefficient (Wildman–Crippen LogP) is 1.12. The zero-order valence-electron chi connectivity index (χ0n) is 5.67. The van der Waals surface area contributed by atoms with Gasteiger partial charge in [-0.25, -0.2) is 0 Å². The zero-order chi connectivity index (χ0) is 7.56. The lowest BCUT2D eigenvalue weighted by Crippen LogP contribution is -2.14. The summed E-state index contributed by atoms with van der Waals surface area (Å²) in [6.45, 7) is 0. The Morgan fingerprint density at radius 3 is 2.90 bits per heavy atom. The van der Waals surface area contributed by atoms with Gasteiger partial charge in [0.2, 0.25) is 0 Å². The number of alkyl halides is 1. The molecule has 0 atom stereocenters. The summed E-state index contributed by atoms with van der Waals surface area (Å²) in [5.41, 5.74) is 0.850. The summed E-state index contributed by atoms with van der Waals surface area (Å²) in [5, 5.41) is 0.